The van der Waals surface area contributed by atoms with E-state index in [1.165, 1.54) is 45.6 Å². The molecule has 0 aliphatic heterocycles. The molecule has 0 radical (unpaired) electrons. The van der Waals surface area contributed by atoms with Gasteiger partial charge in [0.25, 0.3) is 5.91 Å². The topological polar surface area (TPSA) is 97.9 Å². The van der Waals surface area contributed by atoms with Crippen molar-refractivity contribution in [1.82, 2.24) is 10.9 Å². The molecule has 0 aromatic heterocycles. The minimum atomic E-state index is -0.672. The maximum atomic E-state index is 12.3. The maximum absolute atomic E-state index is 12.3. The van der Waals surface area contributed by atoms with Crippen molar-refractivity contribution >= 4 is 40.8 Å². The van der Waals surface area contributed by atoms with Crippen molar-refractivity contribution < 1.29 is 23.8 Å². The highest BCUT2D eigenvalue weighted by Crippen LogP contribution is 2.38. The number of amides is 3. The first-order valence-corrected chi connectivity index (χ1v) is 8.27. The third-order valence-corrected chi connectivity index (χ3v) is 4.13. The number of benzene rings is 2. The number of hydrazine groups is 1. The van der Waals surface area contributed by atoms with E-state index in [-0.39, 0.29) is 10.6 Å². The predicted octanol–water partition coefficient (Wildman–Crippen LogP) is 3.49. The van der Waals surface area contributed by atoms with E-state index >= 15 is 0 Å². The van der Waals surface area contributed by atoms with Crippen molar-refractivity contribution in [1.29, 1.82) is 0 Å². The fourth-order valence-corrected chi connectivity index (χ4v) is 2.43. The molecule has 10 heteroatoms. The van der Waals surface area contributed by atoms with Crippen LogP contribution < -0.4 is 30.4 Å². The second-order valence-electron chi connectivity index (χ2n) is 5.08. The van der Waals surface area contributed by atoms with Gasteiger partial charge >= 0.3 is 6.03 Å². The number of methoxy groups -OCH3 is 3. The van der Waals surface area contributed by atoms with Gasteiger partial charge in [-0.25, -0.2) is 10.2 Å². The van der Waals surface area contributed by atoms with Gasteiger partial charge in [-0.2, -0.15) is 0 Å². The molecular weight excluding hydrogens is 397 g/mol. The van der Waals surface area contributed by atoms with Crippen LogP contribution in [0.4, 0.5) is 10.5 Å². The van der Waals surface area contributed by atoms with Crippen molar-refractivity contribution in [3.63, 3.8) is 0 Å². The summed E-state index contributed by atoms with van der Waals surface area (Å²) < 4.78 is 15.6. The van der Waals surface area contributed by atoms with Crippen LogP contribution in [0.2, 0.25) is 10.0 Å². The van der Waals surface area contributed by atoms with Gasteiger partial charge in [0.15, 0.2) is 11.5 Å². The number of carbonyl (C=O) groups excluding carboxylic acids is 2. The summed E-state index contributed by atoms with van der Waals surface area (Å²) in [7, 11) is 4.32. The predicted molar refractivity (Wildman–Crippen MR) is 102 cm³/mol. The zero-order valence-electron chi connectivity index (χ0n) is 14.7. The van der Waals surface area contributed by atoms with Crippen molar-refractivity contribution in [2.75, 3.05) is 26.6 Å². The lowest BCUT2D eigenvalue weighted by Crippen LogP contribution is -2.43. The van der Waals surface area contributed by atoms with E-state index in [4.69, 9.17) is 37.4 Å². The number of urea groups is 1. The van der Waals surface area contributed by atoms with Crippen LogP contribution in [0.1, 0.15) is 10.4 Å². The summed E-state index contributed by atoms with van der Waals surface area (Å²) in [6.07, 6.45) is 0. The molecule has 2 rings (SSSR count). The van der Waals surface area contributed by atoms with Gasteiger partial charge in [0.2, 0.25) is 5.75 Å². The monoisotopic (exact) mass is 413 g/mol. The first-order chi connectivity index (χ1) is 12.9. The Morgan fingerprint density at radius 2 is 1.48 bits per heavy atom. The van der Waals surface area contributed by atoms with E-state index in [1.54, 1.807) is 6.07 Å². The van der Waals surface area contributed by atoms with Crippen molar-refractivity contribution in [3.05, 3.63) is 45.9 Å². The van der Waals surface area contributed by atoms with Crippen LogP contribution in [0.3, 0.4) is 0 Å². The van der Waals surface area contributed by atoms with E-state index in [9.17, 15) is 9.59 Å². The fraction of sp³-hybridized carbons (Fsp3) is 0.176. The molecule has 0 spiro atoms. The van der Waals surface area contributed by atoms with Gasteiger partial charge in [-0.15, -0.1) is 0 Å². The van der Waals surface area contributed by atoms with E-state index in [1.807, 2.05) is 0 Å². The number of hydrogen-bond donors (Lipinski definition) is 3. The lowest BCUT2D eigenvalue weighted by molar-refractivity contribution is 0.0937. The molecule has 144 valence electrons. The molecule has 0 fully saturated rings. The number of rotatable bonds is 5. The second-order valence-corrected chi connectivity index (χ2v) is 5.89. The van der Waals surface area contributed by atoms with Gasteiger partial charge in [-0.1, -0.05) is 23.2 Å². The lowest BCUT2D eigenvalue weighted by atomic mass is 10.1. The van der Waals surface area contributed by atoms with Gasteiger partial charge in [0, 0.05) is 11.3 Å². The standard InChI is InChI=1S/C17H17Cl2N3O5/c1-25-13-6-9(7-14(26-2)15(13)27-3)16(23)21-22-17(24)20-10-4-5-11(18)12(19)8-10/h4-8H,1-3H3,(H,21,23)(H2,20,22,24). The molecule has 0 aliphatic rings. The molecule has 2 aromatic rings. The van der Waals surface area contributed by atoms with E-state index < -0.39 is 11.9 Å². The van der Waals surface area contributed by atoms with Gasteiger partial charge in [-0.05, 0) is 30.3 Å². The molecule has 3 N–H and O–H groups in total. The Morgan fingerprint density at radius 3 is 2.00 bits per heavy atom. The Labute approximate surface area is 165 Å². The van der Waals surface area contributed by atoms with Gasteiger partial charge in [0.05, 0.1) is 31.4 Å². The molecule has 0 atom stereocenters. The van der Waals surface area contributed by atoms with Crippen molar-refractivity contribution in [2.45, 2.75) is 0 Å². The van der Waals surface area contributed by atoms with E-state index in [0.717, 1.165) is 0 Å². The molecule has 8 nitrogen and oxygen atoms in total. The maximum Gasteiger partial charge on any atom is 0.337 e. The SMILES string of the molecule is COc1cc(C(=O)NNC(=O)Nc2ccc(Cl)c(Cl)c2)cc(OC)c1OC. The molecule has 3 amide bonds. The van der Waals surface area contributed by atoms with Gasteiger partial charge in [-0.3, -0.25) is 10.2 Å². The first-order valence-electron chi connectivity index (χ1n) is 7.52. The van der Waals surface area contributed by atoms with Crippen molar-refractivity contribution in [2.24, 2.45) is 0 Å². The summed E-state index contributed by atoms with van der Waals surface area (Å²) >= 11 is 11.7. The van der Waals surface area contributed by atoms with Crippen LogP contribution in [0, 0.1) is 0 Å². The van der Waals surface area contributed by atoms with Gasteiger partial charge in [0.1, 0.15) is 0 Å². The largest absolute Gasteiger partial charge is 0.493 e. The van der Waals surface area contributed by atoms with Crippen LogP contribution in [0.5, 0.6) is 17.2 Å². The summed E-state index contributed by atoms with van der Waals surface area (Å²) in [4.78, 5) is 24.2. The highest BCUT2D eigenvalue weighted by molar-refractivity contribution is 6.42. The molecular formula is C17H17Cl2N3O5. The molecule has 0 unspecified atom stereocenters. The molecule has 2 aromatic carbocycles. The Hall–Kier alpha value is -2.84. The molecule has 0 saturated heterocycles. The molecule has 27 heavy (non-hydrogen) atoms. The first kappa shape index (κ1) is 20.5. The Bertz CT molecular complexity index is 835. The molecule has 0 bridgehead atoms. The Morgan fingerprint density at radius 1 is 0.852 bits per heavy atom. The Kier molecular flexibility index (Phi) is 6.98. The number of halogens is 2. The average molecular weight is 414 g/mol. The lowest BCUT2D eigenvalue weighted by Gasteiger charge is -2.14. The Balaban J connectivity index is 2.04. The van der Waals surface area contributed by atoms with Crippen molar-refractivity contribution in [3.8, 4) is 17.2 Å². The van der Waals surface area contributed by atoms with Crippen LogP contribution >= 0.6 is 23.2 Å². The smallest absolute Gasteiger partial charge is 0.337 e. The second kappa shape index (κ2) is 9.20. The third-order valence-electron chi connectivity index (χ3n) is 3.39. The summed E-state index contributed by atoms with van der Waals surface area (Å²) in [5.41, 5.74) is 5.10. The summed E-state index contributed by atoms with van der Waals surface area (Å²) in [5.74, 6) is 0.380. The zero-order valence-corrected chi connectivity index (χ0v) is 16.2. The van der Waals surface area contributed by atoms with Crippen LogP contribution in [-0.4, -0.2) is 33.3 Å². The number of nitrogens with one attached hydrogen (secondary N) is 3. The molecule has 0 aliphatic carbocycles. The average Bonchev–Trinajstić information content (AvgIpc) is 2.67. The van der Waals surface area contributed by atoms with Crippen LogP contribution in [-0.2, 0) is 0 Å². The highest BCUT2D eigenvalue weighted by atomic mass is 35.5. The number of ether oxygens (including phenoxy) is 3. The minimum absolute atomic E-state index is 0.194. The number of carbonyl (C=O) groups is 2. The number of hydrogen-bond acceptors (Lipinski definition) is 5. The van der Waals surface area contributed by atoms with Crippen LogP contribution in [0.25, 0.3) is 0 Å². The normalized spacial score (nSPS) is 9.96. The van der Waals surface area contributed by atoms with Crippen LogP contribution in [0.15, 0.2) is 30.3 Å². The summed E-state index contributed by atoms with van der Waals surface area (Å²) in [6, 6.07) is 6.81. The summed E-state index contributed by atoms with van der Waals surface area (Å²) in [6.45, 7) is 0. The fourth-order valence-electron chi connectivity index (χ4n) is 2.13. The molecule has 0 heterocycles. The quantitative estimate of drug-likeness (QED) is 0.651. The van der Waals surface area contributed by atoms with E-state index in [0.29, 0.717) is 28.0 Å². The zero-order chi connectivity index (χ0) is 20.0. The molecule has 0 saturated carbocycles. The summed E-state index contributed by atoms with van der Waals surface area (Å²) in [5, 5.41) is 3.15. The van der Waals surface area contributed by atoms with E-state index in [2.05, 4.69) is 16.2 Å². The van der Waals surface area contributed by atoms with Gasteiger partial charge < -0.3 is 19.5 Å². The highest BCUT2D eigenvalue weighted by Gasteiger charge is 2.17. The minimum Gasteiger partial charge on any atom is -0.493 e. The number of anilines is 1. The third kappa shape index (κ3) is 5.08.